The number of nitrogens with one attached hydrogen (secondary N) is 1. The Hall–Kier alpha value is -2.88. The number of halogens is 1. The second-order valence-electron chi connectivity index (χ2n) is 6.02. The van der Waals surface area contributed by atoms with Gasteiger partial charge in [0.1, 0.15) is 17.4 Å². The molecule has 0 aliphatic rings. The Morgan fingerprint density at radius 3 is 2.72 bits per heavy atom. The highest BCUT2D eigenvalue weighted by Gasteiger charge is 2.17. The number of rotatable bonds is 6. The zero-order valence-electron chi connectivity index (χ0n) is 15.4. The molecule has 152 valence electrons. The molecule has 0 bridgehead atoms. The summed E-state index contributed by atoms with van der Waals surface area (Å²) in [6, 6.07) is 5.19. The van der Waals surface area contributed by atoms with Crippen LogP contribution in [0.1, 0.15) is 10.4 Å². The maximum Gasteiger partial charge on any atom is 0.373 e. The Bertz CT molecular complexity index is 1100. The number of hydrogen-bond donors (Lipinski definition) is 3. The van der Waals surface area contributed by atoms with Crippen molar-refractivity contribution in [2.24, 2.45) is 7.05 Å². The van der Waals surface area contributed by atoms with Crippen molar-refractivity contribution in [3.63, 3.8) is 0 Å². The lowest BCUT2D eigenvalue weighted by Crippen LogP contribution is -2.15. The molecule has 12 heteroatoms. The fraction of sp³-hybridized carbons (Fsp3) is 0.118. The molecule has 1 unspecified atom stereocenters. The Morgan fingerprint density at radius 1 is 1.38 bits per heavy atom. The summed E-state index contributed by atoms with van der Waals surface area (Å²) in [5, 5.41) is 3.09. The number of carbonyl (C=O) groups is 1. The maximum atomic E-state index is 14.3. The van der Waals surface area contributed by atoms with Gasteiger partial charge in [0.15, 0.2) is 5.16 Å². The average Bonchev–Trinajstić information content (AvgIpc) is 3.02. The van der Waals surface area contributed by atoms with E-state index >= 15 is 0 Å². The molecule has 0 aliphatic heterocycles. The van der Waals surface area contributed by atoms with Crippen molar-refractivity contribution in [1.29, 1.82) is 0 Å². The highest BCUT2D eigenvalue weighted by Crippen LogP contribution is 2.38. The molecule has 29 heavy (non-hydrogen) atoms. The molecular formula is C17H17FN5O4PS. The fourth-order valence-corrected chi connectivity index (χ4v) is 3.63. The van der Waals surface area contributed by atoms with Crippen LogP contribution in [0.4, 0.5) is 15.9 Å². The van der Waals surface area contributed by atoms with E-state index in [4.69, 9.17) is 10.3 Å². The molecule has 0 radical (unpaired) electrons. The number of hydrogen-bond acceptors (Lipinski definition) is 7. The molecule has 3 aromatic rings. The summed E-state index contributed by atoms with van der Waals surface area (Å²) in [4.78, 5) is 30.0. The van der Waals surface area contributed by atoms with Crippen LogP contribution in [0.25, 0.3) is 0 Å². The number of benzene rings is 1. The van der Waals surface area contributed by atoms with E-state index in [2.05, 4.69) is 15.3 Å². The van der Waals surface area contributed by atoms with Gasteiger partial charge in [0.25, 0.3) is 5.91 Å². The van der Waals surface area contributed by atoms with Gasteiger partial charge < -0.3 is 25.0 Å². The van der Waals surface area contributed by atoms with Crippen molar-refractivity contribution in [2.75, 3.05) is 17.7 Å². The number of nitrogens with zero attached hydrogens (tertiary/aromatic N) is 3. The van der Waals surface area contributed by atoms with Crippen LogP contribution in [-0.2, 0) is 11.6 Å². The molecule has 0 spiro atoms. The molecule has 1 amide bonds. The summed E-state index contributed by atoms with van der Waals surface area (Å²) in [5.41, 5.74) is 5.85. The minimum absolute atomic E-state index is 0.0312. The average molecular weight is 437 g/mol. The number of anilines is 2. The summed E-state index contributed by atoms with van der Waals surface area (Å²) in [6.45, 7) is 1.04. The van der Waals surface area contributed by atoms with Crippen LogP contribution >= 0.6 is 19.4 Å². The van der Waals surface area contributed by atoms with E-state index < -0.39 is 19.3 Å². The summed E-state index contributed by atoms with van der Waals surface area (Å²) >= 11 is 1.06. The van der Waals surface area contributed by atoms with E-state index in [1.54, 1.807) is 24.0 Å². The lowest BCUT2D eigenvalue weighted by Gasteiger charge is -2.11. The third kappa shape index (κ3) is 5.35. The molecule has 0 saturated heterocycles. The number of nitrogens with two attached hydrogens (primary N) is 1. The van der Waals surface area contributed by atoms with E-state index in [9.17, 15) is 18.6 Å². The van der Waals surface area contributed by atoms with Crippen molar-refractivity contribution in [1.82, 2.24) is 14.5 Å². The Labute approximate surface area is 169 Å². The smallest absolute Gasteiger partial charge is 0.373 e. The minimum Gasteiger partial charge on any atom is -0.423 e. The number of nitrogen functional groups attached to an aromatic ring is 1. The SMILES string of the molecule is Cn1ccnc1Sc1cc(C(=O)Nc2ccc(OP(C)(=O)O)cn2)c(N)cc1F. The predicted molar refractivity (Wildman–Crippen MR) is 107 cm³/mol. The third-order valence-corrected chi connectivity index (χ3v) is 5.24. The zero-order valence-corrected chi connectivity index (χ0v) is 17.1. The van der Waals surface area contributed by atoms with Crippen molar-refractivity contribution in [2.45, 2.75) is 10.1 Å². The van der Waals surface area contributed by atoms with Gasteiger partial charge in [-0.15, -0.1) is 0 Å². The van der Waals surface area contributed by atoms with Crippen LogP contribution in [0.2, 0.25) is 0 Å². The number of imidazole rings is 1. The number of carbonyl (C=O) groups excluding carboxylic acids is 1. The molecular weight excluding hydrogens is 420 g/mol. The van der Waals surface area contributed by atoms with Gasteiger partial charge in [0.2, 0.25) is 0 Å². The van der Waals surface area contributed by atoms with Crippen molar-refractivity contribution in [3.8, 4) is 5.75 Å². The Balaban J connectivity index is 1.79. The van der Waals surface area contributed by atoms with Gasteiger partial charge in [-0.05, 0) is 36.0 Å². The van der Waals surface area contributed by atoms with Gasteiger partial charge in [-0.25, -0.2) is 18.9 Å². The third-order valence-electron chi connectivity index (χ3n) is 3.58. The van der Waals surface area contributed by atoms with E-state index in [0.29, 0.717) is 5.16 Å². The quantitative estimate of drug-likeness (QED) is 0.396. The first kappa shape index (κ1) is 20.8. The van der Waals surface area contributed by atoms with Crippen LogP contribution in [0.15, 0.2) is 52.9 Å². The lowest BCUT2D eigenvalue weighted by atomic mass is 10.1. The van der Waals surface area contributed by atoms with Gasteiger partial charge in [-0.2, -0.15) is 0 Å². The number of amides is 1. The molecule has 0 aliphatic carbocycles. The molecule has 4 N–H and O–H groups in total. The minimum atomic E-state index is -3.71. The lowest BCUT2D eigenvalue weighted by molar-refractivity contribution is 0.102. The van der Waals surface area contributed by atoms with Crippen LogP contribution in [0.5, 0.6) is 5.75 Å². The van der Waals surface area contributed by atoms with Gasteiger partial charge in [-0.3, -0.25) is 4.79 Å². The van der Waals surface area contributed by atoms with Crippen molar-refractivity contribution < 1.29 is 23.2 Å². The number of aryl methyl sites for hydroxylation is 1. The standard InChI is InChI=1S/C17H17FN5O4PS/c1-23-6-5-20-17(23)29-14-7-11(13(19)8-12(14)18)16(24)22-15-4-3-10(9-21-15)27-28(2,25)26/h3-9H,19H2,1-2H3,(H,25,26)(H,21,22,24). The normalized spacial score (nSPS) is 13.0. The Morgan fingerprint density at radius 2 is 2.14 bits per heavy atom. The highest BCUT2D eigenvalue weighted by atomic mass is 32.2. The largest absolute Gasteiger partial charge is 0.423 e. The molecule has 2 heterocycles. The first-order valence-corrected chi connectivity index (χ1v) is 11.0. The van der Waals surface area contributed by atoms with Crippen molar-refractivity contribution in [3.05, 3.63) is 54.2 Å². The molecule has 3 rings (SSSR count). The first-order chi connectivity index (χ1) is 13.6. The maximum absolute atomic E-state index is 14.3. The van der Waals surface area contributed by atoms with Gasteiger partial charge in [0, 0.05) is 31.8 Å². The summed E-state index contributed by atoms with van der Waals surface area (Å²) in [6.07, 6.45) is 4.50. The summed E-state index contributed by atoms with van der Waals surface area (Å²) < 4.78 is 32.1. The summed E-state index contributed by atoms with van der Waals surface area (Å²) in [5.74, 6) is -0.923. The monoisotopic (exact) mass is 437 g/mol. The first-order valence-electron chi connectivity index (χ1n) is 8.14. The zero-order chi connectivity index (χ0) is 21.2. The van der Waals surface area contributed by atoms with E-state index in [1.807, 2.05) is 0 Å². The van der Waals surface area contributed by atoms with Crippen LogP contribution in [-0.4, -0.2) is 32.0 Å². The number of aromatic nitrogens is 3. The Kier molecular flexibility index (Phi) is 5.92. The van der Waals surface area contributed by atoms with Crippen LogP contribution in [0, 0.1) is 5.82 Å². The van der Waals surface area contributed by atoms with E-state index in [-0.39, 0.29) is 27.7 Å². The fourth-order valence-electron chi connectivity index (χ4n) is 2.28. The molecule has 0 saturated carbocycles. The molecule has 9 nitrogen and oxygen atoms in total. The molecule has 2 aromatic heterocycles. The van der Waals surface area contributed by atoms with Gasteiger partial charge in [0.05, 0.1) is 16.7 Å². The molecule has 1 aromatic carbocycles. The highest BCUT2D eigenvalue weighted by molar-refractivity contribution is 7.99. The van der Waals surface area contributed by atoms with Crippen molar-refractivity contribution >= 4 is 36.8 Å². The number of pyridine rings is 1. The topological polar surface area (TPSA) is 132 Å². The second kappa shape index (κ2) is 8.24. The van der Waals surface area contributed by atoms with E-state index in [1.165, 1.54) is 24.4 Å². The van der Waals surface area contributed by atoms with Crippen LogP contribution < -0.4 is 15.6 Å². The second-order valence-corrected chi connectivity index (χ2v) is 8.82. The predicted octanol–water partition coefficient (Wildman–Crippen LogP) is 3.13. The molecule has 0 fully saturated rings. The van der Waals surface area contributed by atoms with Crippen LogP contribution in [0.3, 0.4) is 0 Å². The summed E-state index contributed by atoms with van der Waals surface area (Å²) in [7, 11) is -1.94. The van der Waals surface area contributed by atoms with Gasteiger partial charge >= 0.3 is 7.60 Å². The molecule has 1 atom stereocenters. The van der Waals surface area contributed by atoms with E-state index in [0.717, 1.165) is 24.5 Å². The van der Waals surface area contributed by atoms with Gasteiger partial charge in [-0.1, -0.05) is 0 Å².